The minimum atomic E-state index is -0.148. The van der Waals surface area contributed by atoms with Crippen LogP contribution in [0.2, 0.25) is 0 Å². The third kappa shape index (κ3) is 8.38. The second kappa shape index (κ2) is 14.9. The molecule has 0 N–H and O–H groups in total. The number of rotatable bonds is 7. The molecular weight excluding hydrogens is 494 g/mol. The Bertz CT molecular complexity index is 825. The molecule has 0 saturated carbocycles. The van der Waals surface area contributed by atoms with Crippen molar-refractivity contribution in [3.05, 3.63) is 108 Å². The predicted octanol–water partition coefficient (Wildman–Crippen LogP) is 9.30. The minimum absolute atomic E-state index is 0. The first-order valence-electron chi connectivity index (χ1n) is 11.0. The average Bonchev–Trinajstić information content (AvgIpc) is 2.67. The fourth-order valence-electron chi connectivity index (χ4n) is 4.63. The number of benzene rings is 2. The maximum atomic E-state index is 5.11. The summed E-state index contributed by atoms with van der Waals surface area (Å²) >= 11 is 0. The van der Waals surface area contributed by atoms with E-state index in [0.29, 0.717) is 13.1 Å². The third-order valence-electron chi connectivity index (χ3n) is 6.12. The van der Waals surface area contributed by atoms with Crippen LogP contribution in [0.15, 0.2) is 36.4 Å². The van der Waals surface area contributed by atoms with Crippen LogP contribution >= 0.6 is 0 Å². The molecule has 0 fully saturated rings. The van der Waals surface area contributed by atoms with Crippen LogP contribution in [0.25, 0.3) is 16.0 Å². The molecule has 4 heteroatoms. The number of hydrogen-bond acceptors (Lipinski definition) is 0. The van der Waals surface area contributed by atoms with Crippen molar-refractivity contribution in [1.29, 1.82) is 0 Å². The number of aryl methyl sites for hydroxylation is 6. The van der Waals surface area contributed by atoms with Gasteiger partial charge in [-0.05, 0) is 41.5 Å². The first kappa shape index (κ1) is 34.8. The number of nitrogens with zero attached hydrogens (tertiary/aromatic N) is 3. The summed E-state index contributed by atoms with van der Waals surface area (Å²) in [5.41, 5.74) is 9.64. The van der Waals surface area contributed by atoms with E-state index in [1.807, 2.05) is 0 Å². The Hall–Kier alpha value is -1.38. The molecule has 0 radical (unpaired) electrons. The van der Waals surface area contributed by atoms with Gasteiger partial charge in [-0.25, -0.2) is 0 Å². The Morgan fingerprint density at radius 2 is 1.15 bits per heavy atom. The van der Waals surface area contributed by atoms with Crippen LogP contribution in [-0.2, 0) is 26.2 Å². The van der Waals surface area contributed by atoms with Crippen molar-refractivity contribution in [2.24, 2.45) is 5.41 Å². The largest absolute Gasteiger partial charge is 0.684 e. The third-order valence-corrected chi connectivity index (χ3v) is 6.12. The fraction of sp³-hybridized carbons (Fsp3) is 0.433. The number of hydrogen-bond donors (Lipinski definition) is 0. The van der Waals surface area contributed by atoms with Crippen LogP contribution in [0.4, 0.5) is 11.4 Å². The summed E-state index contributed by atoms with van der Waals surface area (Å²) in [6.07, 6.45) is 5.56. The topological polar surface area (TPSA) is 42.3 Å². The van der Waals surface area contributed by atoms with Crippen LogP contribution in [0.3, 0.4) is 0 Å². The zero-order valence-electron chi connectivity index (χ0n) is 23.2. The summed E-state index contributed by atoms with van der Waals surface area (Å²) in [6, 6.07) is 9.03. The van der Waals surface area contributed by atoms with E-state index >= 15 is 0 Å². The summed E-state index contributed by atoms with van der Waals surface area (Å²) in [7, 11) is 0. The van der Waals surface area contributed by atoms with Crippen molar-refractivity contribution >= 4 is 11.4 Å². The second-order valence-electron chi connectivity index (χ2n) is 9.35. The van der Waals surface area contributed by atoms with Gasteiger partial charge in [0.15, 0.2) is 0 Å². The summed E-state index contributed by atoms with van der Waals surface area (Å²) < 4.78 is 0. The monoisotopic (exact) mass is 537 g/mol. The second-order valence-corrected chi connectivity index (χ2v) is 9.35. The molecular formula is C30H45N3Zr-6. The summed E-state index contributed by atoms with van der Waals surface area (Å²) in [5, 5.41) is 15.2. The average molecular weight is 539 g/mol. The predicted molar refractivity (Wildman–Crippen MR) is 150 cm³/mol. The fourth-order valence-corrected chi connectivity index (χ4v) is 4.63. The quantitative estimate of drug-likeness (QED) is 0.249. The van der Waals surface area contributed by atoms with Crippen LogP contribution in [-0.4, -0.2) is 25.7 Å². The molecule has 0 bridgehead atoms. The SMILES string of the molecule is Cc1cc(C)c([N-]CC(C)(C[N-]c2c(C)cc(C)cc2C)C2C=CCC[N-]2)c(C)c1.[CH3-].[CH3-].[CH3-].[Zr]. The molecule has 2 aromatic carbocycles. The van der Waals surface area contributed by atoms with E-state index in [2.05, 4.69) is 84.9 Å². The summed E-state index contributed by atoms with van der Waals surface area (Å²) in [4.78, 5) is 0. The van der Waals surface area contributed by atoms with Crippen molar-refractivity contribution < 1.29 is 26.2 Å². The molecule has 1 heterocycles. The van der Waals surface area contributed by atoms with Crippen LogP contribution in [0.1, 0.15) is 46.7 Å². The van der Waals surface area contributed by atoms with Gasteiger partial charge < -0.3 is 38.2 Å². The van der Waals surface area contributed by atoms with Gasteiger partial charge >= 0.3 is 0 Å². The van der Waals surface area contributed by atoms with Crippen LogP contribution in [0.5, 0.6) is 0 Å². The van der Waals surface area contributed by atoms with Gasteiger partial charge in [0.05, 0.1) is 0 Å². The van der Waals surface area contributed by atoms with Gasteiger partial charge in [-0.3, -0.25) is 0 Å². The molecule has 1 aliphatic rings. The van der Waals surface area contributed by atoms with Crippen LogP contribution < -0.4 is 0 Å². The molecule has 1 unspecified atom stereocenters. The van der Waals surface area contributed by atoms with Crippen molar-refractivity contribution in [1.82, 2.24) is 0 Å². The zero-order valence-corrected chi connectivity index (χ0v) is 25.7. The van der Waals surface area contributed by atoms with Crippen LogP contribution in [0, 0.1) is 69.2 Å². The Morgan fingerprint density at radius 1 is 0.765 bits per heavy atom. The van der Waals surface area contributed by atoms with Crippen molar-refractivity contribution in [2.45, 2.75) is 60.9 Å². The van der Waals surface area contributed by atoms with Gasteiger partial charge in [0.1, 0.15) is 0 Å². The molecule has 1 atom stereocenters. The first-order chi connectivity index (χ1) is 14.2. The molecule has 3 rings (SSSR count). The maximum absolute atomic E-state index is 5.11. The maximum Gasteiger partial charge on any atom is 0 e. The molecule has 0 saturated heterocycles. The van der Waals surface area contributed by atoms with Crippen molar-refractivity contribution in [2.75, 3.05) is 19.6 Å². The molecule has 2 aromatic rings. The van der Waals surface area contributed by atoms with Crippen molar-refractivity contribution in [3.63, 3.8) is 0 Å². The standard InChI is InChI=1S/C27H36N3.3CH3.Zr/c1-18-12-20(3)25(21(4)13-18)29-16-27(7,24-10-8-9-11-28-24)17-30-26-22(5)14-19(2)15-23(26)6;;;;/h8,10,12-15,24H,9,11,16-17H2,1-7H3;3*1H3;/q-3;3*-1;. The molecule has 3 nitrogen and oxygen atoms in total. The Labute approximate surface area is 230 Å². The summed E-state index contributed by atoms with van der Waals surface area (Å²) in [6.45, 7) is 17.5. The Morgan fingerprint density at radius 3 is 1.47 bits per heavy atom. The van der Waals surface area contributed by atoms with Gasteiger partial charge in [0, 0.05) is 26.2 Å². The molecule has 0 aliphatic carbocycles. The molecule has 0 aromatic heterocycles. The van der Waals surface area contributed by atoms with Gasteiger partial charge in [0.25, 0.3) is 0 Å². The van der Waals surface area contributed by atoms with Gasteiger partial charge in [-0.1, -0.05) is 82.5 Å². The first-order valence-corrected chi connectivity index (χ1v) is 11.0. The van der Waals surface area contributed by atoms with E-state index in [1.165, 1.54) is 33.4 Å². The van der Waals surface area contributed by atoms with E-state index in [4.69, 9.17) is 16.0 Å². The summed E-state index contributed by atoms with van der Waals surface area (Å²) in [5.74, 6) is 0. The van der Waals surface area contributed by atoms with Gasteiger partial charge in [-0.2, -0.15) is 0 Å². The van der Waals surface area contributed by atoms with E-state index < -0.39 is 0 Å². The molecule has 0 spiro atoms. The molecule has 0 amide bonds. The Kier molecular flexibility index (Phi) is 15.2. The molecule has 34 heavy (non-hydrogen) atoms. The van der Waals surface area contributed by atoms with E-state index in [-0.39, 0.29) is 59.9 Å². The minimum Gasteiger partial charge on any atom is -0.684 e. The van der Waals surface area contributed by atoms with Crippen molar-refractivity contribution in [3.8, 4) is 0 Å². The van der Waals surface area contributed by atoms with E-state index in [9.17, 15) is 0 Å². The van der Waals surface area contributed by atoms with E-state index in [0.717, 1.165) is 24.3 Å². The zero-order chi connectivity index (χ0) is 21.9. The Balaban J connectivity index is 0. The molecule has 1 aliphatic heterocycles. The normalized spacial score (nSPS) is 14.6. The molecule has 190 valence electrons. The van der Waals surface area contributed by atoms with Gasteiger partial charge in [-0.15, -0.1) is 43.1 Å². The smallest absolute Gasteiger partial charge is 0 e. The van der Waals surface area contributed by atoms with E-state index in [1.54, 1.807) is 0 Å². The van der Waals surface area contributed by atoms with Gasteiger partial charge in [0.2, 0.25) is 0 Å².